The Balaban J connectivity index is 2.38. The number of aromatic amines is 2. The highest BCUT2D eigenvalue weighted by atomic mass is 16.3. The monoisotopic (exact) mass is 247 g/mol. The predicted molar refractivity (Wildman–Crippen MR) is 64.4 cm³/mol. The SMILES string of the molecule is Nc1[nH]c(=O)[nH]c(=O)c1N=Nc1ccc(O)cc1. The zero-order valence-corrected chi connectivity index (χ0v) is 9.04. The van der Waals surface area contributed by atoms with Crippen molar-refractivity contribution in [3.8, 4) is 5.75 Å². The number of hydrogen-bond donors (Lipinski definition) is 4. The van der Waals surface area contributed by atoms with E-state index >= 15 is 0 Å². The average Bonchev–Trinajstić information content (AvgIpc) is 2.30. The lowest BCUT2D eigenvalue weighted by atomic mass is 10.3. The number of aromatic nitrogens is 2. The number of aromatic hydroxyl groups is 1. The topological polar surface area (TPSA) is 137 Å². The number of phenols is 1. The molecule has 18 heavy (non-hydrogen) atoms. The number of nitrogen functional groups attached to an aromatic ring is 1. The Hall–Kier alpha value is -2.90. The molecule has 92 valence electrons. The van der Waals surface area contributed by atoms with Crippen LogP contribution < -0.4 is 17.0 Å². The van der Waals surface area contributed by atoms with Gasteiger partial charge in [0.1, 0.15) is 11.6 Å². The van der Waals surface area contributed by atoms with Crippen molar-refractivity contribution in [1.82, 2.24) is 9.97 Å². The molecule has 0 saturated carbocycles. The van der Waals surface area contributed by atoms with Crippen molar-refractivity contribution in [2.45, 2.75) is 0 Å². The third-order valence-corrected chi connectivity index (χ3v) is 2.06. The molecule has 0 unspecified atom stereocenters. The summed E-state index contributed by atoms with van der Waals surface area (Å²) in [5.74, 6) is -0.0679. The summed E-state index contributed by atoms with van der Waals surface area (Å²) in [6.45, 7) is 0. The standard InChI is InChI=1S/C10H9N5O3/c11-8-7(9(17)13-10(18)12-8)15-14-5-1-3-6(16)4-2-5/h1-4,16H,(H4,11,12,13,17,18). The number of hydrogen-bond acceptors (Lipinski definition) is 6. The van der Waals surface area contributed by atoms with Gasteiger partial charge in [0.05, 0.1) is 5.69 Å². The Morgan fingerprint density at radius 1 is 1.06 bits per heavy atom. The molecule has 8 nitrogen and oxygen atoms in total. The second-order valence-corrected chi connectivity index (χ2v) is 3.39. The van der Waals surface area contributed by atoms with Crippen LogP contribution in [0.3, 0.4) is 0 Å². The van der Waals surface area contributed by atoms with Gasteiger partial charge in [0.25, 0.3) is 5.56 Å². The molecule has 0 fully saturated rings. The Morgan fingerprint density at radius 2 is 1.72 bits per heavy atom. The number of anilines is 1. The first kappa shape index (κ1) is 11.6. The summed E-state index contributed by atoms with van der Waals surface area (Å²) in [7, 11) is 0. The molecule has 2 rings (SSSR count). The van der Waals surface area contributed by atoms with Crippen molar-refractivity contribution in [2.24, 2.45) is 10.2 Å². The molecule has 5 N–H and O–H groups in total. The van der Waals surface area contributed by atoms with Gasteiger partial charge in [0, 0.05) is 0 Å². The van der Waals surface area contributed by atoms with Gasteiger partial charge in [-0.1, -0.05) is 0 Å². The van der Waals surface area contributed by atoms with E-state index in [4.69, 9.17) is 10.8 Å². The van der Waals surface area contributed by atoms with Crippen molar-refractivity contribution in [3.63, 3.8) is 0 Å². The fourth-order valence-corrected chi connectivity index (χ4v) is 1.22. The van der Waals surface area contributed by atoms with Crippen LogP contribution >= 0.6 is 0 Å². The molecule has 0 bridgehead atoms. The normalized spacial score (nSPS) is 10.9. The molecule has 0 amide bonds. The van der Waals surface area contributed by atoms with Crippen LogP contribution in [0.1, 0.15) is 0 Å². The molecule has 0 spiro atoms. The highest BCUT2D eigenvalue weighted by Gasteiger charge is 2.04. The van der Waals surface area contributed by atoms with E-state index in [1.165, 1.54) is 24.3 Å². The Morgan fingerprint density at radius 3 is 2.33 bits per heavy atom. The number of H-pyrrole nitrogens is 2. The highest BCUT2D eigenvalue weighted by Crippen LogP contribution is 2.20. The van der Waals surface area contributed by atoms with E-state index < -0.39 is 11.2 Å². The van der Waals surface area contributed by atoms with Gasteiger partial charge in [-0.05, 0) is 24.3 Å². The lowest BCUT2D eigenvalue weighted by Crippen LogP contribution is -2.23. The lowest BCUT2D eigenvalue weighted by Gasteiger charge is -1.96. The Labute approximate surface area is 99.8 Å². The first-order chi connectivity index (χ1) is 8.56. The Bertz CT molecular complexity index is 699. The molecule has 0 radical (unpaired) electrons. The third kappa shape index (κ3) is 2.43. The summed E-state index contributed by atoms with van der Waals surface area (Å²) in [4.78, 5) is 26.5. The highest BCUT2D eigenvalue weighted by molar-refractivity contribution is 5.54. The number of azo groups is 1. The summed E-state index contributed by atoms with van der Waals surface area (Å²) in [6, 6.07) is 5.87. The van der Waals surface area contributed by atoms with Gasteiger partial charge in [0.15, 0.2) is 5.69 Å². The number of rotatable bonds is 2. The van der Waals surface area contributed by atoms with Crippen molar-refractivity contribution < 1.29 is 5.11 Å². The zero-order valence-electron chi connectivity index (χ0n) is 9.04. The minimum Gasteiger partial charge on any atom is -0.508 e. The van der Waals surface area contributed by atoms with Crippen LogP contribution in [0, 0.1) is 0 Å². The minimum atomic E-state index is -0.723. The fraction of sp³-hybridized carbons (Fsp3) is 0. The maximum Gasteiger partial charge on any atom is 0.327 e. The van der Waals surface area contributed by atoms with Gasteiger partial charge in [0.2, 0.25) is 0 Å². The molecule has 0 saturated heterocycles. The molecule has 2 aromatic rings. The van der Waals surface area contributed by atoms with Crippen LogP contribution in [-0.4, -0.2) is 15.1 Å². The van der Waals surface area contributed by atoms with Gasteiger partial charge < -0.3 is 10.8 Å². The van der Waals surface area contributed by atoms with Gasteiger partial charge in [-0.15, -0.1) is 5.11 Å². The molecular formula is C10H9N5O3. The quantitative estimate of drug-likeness (QED) is 0.582. The molecule has 0 aliphatic heterocycles. The number of benzene rings is 1. The number of nitrogens with one attached hydrogen (secondary N) is 2. The summed E-state index contributed by atoms with van der Waals surface area (Å²) in [5, 5.41) is 16.5. The summed E-state index contributed by atoms with van der Waals surface area (Å²) in [6.07, 6.45) is 0. The maximum atomic E-state index is 11.4. The maximum absolute atomic E-state index is 11.4. The second kappa shape index (κ2) is 4.53. The third-order valence-electron chi connectivity index (χ3n) is 2.06. The first-order valence-corrected chi connectivity index (χ1v) is 4.89. The fourth-order valence-electron chi connectivity index (χ4n) is 1.22. The van der Waals surface area contributed by atoms with Crippen LogP contribution in [0.25, 0.3) is 0 Å². The van der Waals surface area contributed by atoms with E-state index in [1.807, 2.05) is 4.98 Å². The van der Waals surface area contributed by atoms with E-state index in [0.717, 1.165) is 0 Å². The van der Waals surface area contributed by atoms with E-state index in [1.54, 1.807) is 0 Å². The minimum absolute atomic E-state index is 0.0929. The smallest absolute Gasteiger partial charge is 0.327 e. The van der Waals surface area contributed by atoms with Gasteiger partial charge >= 0.3 is 5.69 Å². The number of nitrogens with two attached hydrogens (primary N) is 1. The van der Waals surface area contributed by atoms with Crippen LogP contribution in [0.2, 0.25) is 0 Å². The zero-order chi connectivity index (χ0) is 13.1. The van der Waals surface area contributed by atoms with Crippen molar-refractivity contribution in [1.29, 1.82) is 0 Å². The van der Waals surface area contributed by atoms with E-state index in [2.05, 4.69) is 15.2 Å². The van der Waals surface area contributed by atoms with Gasteiger partial charge in [-0.2, -0.15) is 5.11 Å². The van der Waals surface area contributed by atoms with Crippen LogP contribution in [0.5, 0.6) is 5.75 Å². The van der Waals surface area contributed by atoms with Crippen LogP contribution in [-0.2, 0) is 0 Å². The van der Waals surface area contributed by atoms with Gasteiger partial charge in [-0.3, -0.25) is 14.8 Å². The predicted octanol–water partition coefficient (Wildman–Crippen LogP) is 0.766. The van der Waals surface area contributed by atoms with Crippen molar-refractivity contribution in [3.05, 3.63) is 45.1 Å². The largest absolute Gasteiger partial charge is 0.508 e. The van der Waals surface area contributed by atoms with E-state index in [-0.39, 0.29) is 17.3 Å². The molecule has 8 heteroatoms. The number of nitrogens with zero attached hydrogens (tertiary/aromatic N) is 2. The molecule has 1 aromatic carbocycles. The van der Waals surface area contributed by atoms with Crippen LogP contribution in [0.4, 0.5) is 17.2 Å². The second-order valence-electron chi connectivity index (χ2n) is 3.39. The van der Waals surface area contributed by atoms with E-state index in [0.29, 0.717) is 5.69 Å². The van der Waals surface area contributed by atoms with E-state index in [9.17, 15) is 9.59 Å². The molecule has 0 aliphatic carbocycles. The molecular weight excluding hydrogens is 238 g/mol. The summed E-state index contributed by atoms with van der Waals surface area (Å²) < 4.78 is 0. The van der Waals surface area contributed by atoms with Crippen molar-refractivity contribution >= 4 is 17.2 Å². The Kier molecular flexibility index (Phi) is 2.92. The summed E-state index contributed by atoms with van der Waals surface area (Å²) in [5.41, 5.74) is 4.26. The van der Waals surface area contributed by atoms with Gasteiger partial charge in [-0.25, -0.2) is 4.79 Å². The molecule has 0 atom stereocenters. The molecule has 1 aromatic heterocycles. The summed E-state index contributed by atoms with van der Waals surface area (Å²) >= 11 is 0. The molecule has 0 aliphatic rings. The average molecular weight is 247 g/mol. The van der Waals surface area contributed by atoms with Crippen LogP contribution in [0.15, 0.2) is 44.1 Å². The lowest BCUT2D eigenvalue weighted by molar-refractivity contribution is 0.475. The van der Waals surface area contributed by atoms with Crippen molar-refractivity contribution in [2.75, 3.05) is 5.73 Å². The molecule has 1 heterocycles. The first-order valence-electron chi connectivity index (χ1n) is 4.89. The number of phenolic OH excluding ortho intramolecular Hbond substituents is 1.